The van der Waals surface area contributed by atoms with Crippen molar-refractivity contribution in [3.63, 3.8) is 0 Å². The molecule has 170 valence electrons. The van der Waals surface area contributed by atoms with Crippen LogP contribution < -0.4 is 10.1 Å². The molecule has 0 fully saturated rings. The predicted molar refractivity (Wildman–Crippen MR) is 122 cm³/mol. The minimum Gasteiger partial charge on any atom is -0.490 e. The molecule has 0 saturated carbocycles. The fraction of sp³-hybridized carbons (Fsp3) is 0.200. The van der Waals surface area contributed by atoms with Crippen LogP contribution in [-0.2, 0) is 20.7 Å². The second-order valence-electron chi connectivity index (χ2n) is 7.31. The van der Waals surface area contributed by atoms with Gasteiger partial charge in [-0.25, -0.2) is 4.79 Å². The van der Waals surface area contributed by atoms with E-state index in [1.165, 1.54) is 26.4 Å². The lowest BCUT2D eigenvalue weighted by Crippen LogP contribution is -2.45. The molecule has 0 heterocycles. The zero-order valence-corrected chi connectivity index (χ0v) is 18.3. The van der Waals surface area contributed by atoms with Gasteiger partial charge in [-0.1, -0.05) is 66.7 Å². The number of benzene rings is 3. The SMILES string of the molecule is COC(=O)[C@H](Cc1ccc(OC)c([N+](=O)[O-])c1)NC(=O)C(c1ccccc1)c1ccccc1. The van der Waals surface area contributed by atoms with Gasteiger partial charge >= 0.3 is 11.7 Å². The molecule has 0 aliphatic carbocycles. The summed E-state index contributed by atoms with van der Waals surface area (Å²) in [5, 5.41) is 14.1. The molecular formula is C25H24N2O6. The minimum absolute atomic E-state index is 0.0134. The normalized spacial score (nSPS) is 11.5. The van der Waals surface area contributed by atoms with Crippen molar-refractivity contribution in [2.24, 2.45) is 0 Å². The Morgan fingerprint density at radius 3 is 2.00 bits per heavy atom. The standard InChI is InChI=1S/C25H24N2O6/c1-32-22-14-13-17(16-21(22)27(30)31)15-20(25(29)33-2)26-24(28)23(18-9-5-3-6-10-18)19-11-7-4-8-12-19/h3-14,16,20,23H,15H2,1-2H3,(H,26,28)/t20-/m0/s1. The number of carbonyl (C=O) groups excluding carboxylic acids is 2. The highest BCUT2D eigenvalue weighted by Crippen LogP contribution is 2.29. The van der Waals surface area contributed by atoms with Gasteiger partial charge in [-0.3, -0.25) is 14.9 Å². The Bertz CT molecular complexity index is 1080. The first-order chi connectivity index (χ1) is 15.9. The highest BCUT2D eigenvalue weighted by atomic mass is 16.6. The second kappa shape index (κ2) is 10.9. The van der Waals surface area contributed by atoms with Gasteiger partial charge in [-0.15, -0.1) is 0 Å². The highest BCUT2D eigenvalue weighted by Gasteiger charge is 2.29. The Kier molecular flexibility index (Phi) is 7.75. The molecule has 8 heteroatoms. The zero-order valence-electron chi connectivity index (χ0n) is 18.3. The minimum atomic E-state index is -1.04. The van der Waals surface area contributed by atoms with Crippen LogP contribution in [0.4, 0.5) is 5.69 Å². The number of rotatable bonds is 9. The van der Waals surface area contributed by atoms with Crippen molar-refractivity contribution in [2.75, 3.05) is 14.2 Å². The largest absolute Gasteiger partial charge is 0.490 e. The third-order valence-electron chi connectivity index (χ3n) is 5.21. The van der Waals surface area contributed by atoms with Crippen molar-refractivity contribution >= 4 is 17.6 Å². The van der Waals surface area contributed by atoms with E-state index in [9.17, 15) is 19.7 Å². The van der Waals surface area contributed by atoms with E-state index in [1.807, 2.05) is 60.7 Å². The van der Waals surface area contributed by atoms with E-state index < -0.39 is 22.9 Å². The van der Waals surface area contributed by atoms with Crippen LogP contribution in [0.5, 0.6) is 5.75 Å². The van der Waals surface area contributed by atoms with Crippen molar-refractivity contribution in [3.05, 3.63) is 106 Å². The van der Waals surface area contributed by atoms with Crippen LogP contribution in [0.3, 0.4) is 0 Å². The number of nitrogens with zero attached hydrogens (tertiary/aromatic N) is 1. The average molecular weight is 448 g/mol. The molecule has 0 aromatic heterocycles. The van der Waals surface area contributed by atoms with Gasteiger partial charge in [0, 0.05) is 12.5 Å². The summed E-state index contributed by atoms with van der Waals surface area (Å²) < 4.78 is 9.91. The van der Waals surface area contributed by atoms with Gasteiger partial charge in [0.15, 0.2) is 5.75 Å². The first-order valence-corrected chi connectivity index (χ1v) is 10.2. The highest BCUT2D eigenvalue weighted by molar-refractivity contribution is 5.91. The number of ether oxygens (including phenoxy) is 2. The van der Waals surface area contributed by atoms with Crippen LogP contribution in [0.25, 0.3) is 0 Å². The van der Waals surface area contributed by atoms with E-state index in [0.29, 0.717) is 5.56 Å². The summed E-state index contributed by atoms with van der Waals surface area (Å²) in [7, 11) is 2.57. The van der Waals surface area contributed by atoms with Crippen LogP contribution >= 0.6 is 0 Å². The molecule has 3 aromatic rings. The Morgan fingerprint density at radius 2 is 1.52 bits per heavy atom. The van der Waals surface area contributed by atoms with Gasteiger partial charge in [0.05, 0.1) is 25.1 Å². The molecule has 0 aliphatic rings. The Morgan fingerprint density at radius 1 is 0.939 bits per heavy atom. The monoisotopic (exact) mass is 448 g/mol. The number of esters is 1. The number of nitrogens with one attached hydrogen (secondary N) is 1. The van der Waals surface area contributed by atoms with Crippen LogP contribution in [0.15, 0.2) is 78.9 Å². The number of hydrogen-bond donors (Lipinski definition) is 1. The number of amides is 1. The van der Waals surface area contributed by atoms with E-state index in [1.54, 1.807) is 6.07 Å². The summed E-state index contributed by atoms with van der Waals surface area (Å²) in [6, 6.07) is 21.8. The second-order valence-corrected chi connectivity index (χ2v) is 7.31. The average Bonchev–Trinajstić information content (AvgIpc) is 2.84. The van der Waals surface area contributed by atoms with Crippen LogP contribution in [0, 0.1) is 10.1 Å². The van der Waals surface area contributed by atoms with E-state index in [4.69, 9.17) is 9.47 Å². The van der Waals surface area contributed by atoms with E-state index in [0.717, 1.165) is 11.1 Å². The fourth-order valence-corrected chi connectivity index (χ4v) is 3.62. The number of methoxy groups -OCH3 is 2. The van der Waals surface area contributed by atoms with E-state index in [2.05, 4.69) is 5.32 Å². The third kappa shape index (κ3) is 5.74. The molecular weight excluding hydrogens is 424 g/mol. The van der Waals surface area contributed by atoms with Gasteiger partial charge < -0.3 is 14.8 Å². The summed E-state index contributed by atoms with van der Waals surface area (Å²) in [6.45, 7) is 0. The third-order valence-corrected chi connectivity index (χ3v) is 5.21. The number of nitro groups is 1. The molecule has 3 rings (SSSR count). The van der Waals surface area contributed by atoms with Crippen molar-refractivity contribution < 1.29 is 24.0 Å². The summed E-state index contributed by atoms with van der Waals surface area (Å²) in [6.07, 6.45) is 0.0134. The van der Waals surface area contributed by atoms with Crippen LogP contribution in [-0.4, -0.2) is 37.1 Å². The molecule has 1 amide bonds. The van der Waals surface area contributed by atoms with Gasteiger partial charge in [-0.05, 0) is 22.8 Å². The van der Waals surface area contributed by atoms with Gasteiger partial charge in [0.25, 0.3) is 0 Å². The Labute approximate surface area is 191 Å². The fourth-order valence-electron chi connectivity index (χ4n) is 3.62. The maximum absolute atomic E-state index is 13.4. The molecule has 1 N–H and O–H groups in total. The van der Waals surface area contributed by atoms with Gasteiger partial charge in [0.1, 0.15) is 6.04 Å². The molecule has 0 aliphatic heterocycles. The quantitative estimate of drug-likeness (QED) is 0.304. The summed E-state index contributed by atoms with van der Waals surface area (Å²) in [4.78, 5) is 36.7. The Balaban J connectivity index is 1.90. The van der Waals surface area contributed by atoms with Gasteiger partial charge in [-0.2, -0.15) is 0 Å². The molecule has 1 atom stereocenters. The lowest BCUT2D eigenvalue weighted by atomic mass is 9.90. The number of carbonyl (C=O) groups is 2. The summed E-state index contributed by atoms with van der Waals surface area (Å²) in [5.41, 5.74) is 1.79. The molecule has 0 spiro atoms. The molecule has 0 saturated heterocycles. The summed E-state index contributed by atoms with van der Waals surface area (Å²) >= 11 is 0. The number of nitro benzene ring substituents is 1. The van der Waals surface area contributed by atoms with Gasteiger partial charge in [0.2, 0.25) is 5.91 Å². The molecule has 0 unspecified atom stereocenters. The summed E-state index contributed by atoms with van der Waals surface area (Å²) in [5.74, 6) is -1.58. The Hall–Kier alpha value is -4.20. The van der Waals surface area contributed by atoms with Crippen molar-refractivity contribution in [2.45, 2.75) is 18.4 Å². The lowest BCUT2D eigenvalue weighted by molar-refractivity contribution is -0.385. The van der Waals surface area contributed by atoms with Crippen molar-refractivity contribution in [1.29, 1.82) is 0 Å². The molecule has 0 radical (unpaired) electrons. The molecule has 33 heavy (non-hydrogen) atoms. The van der Waals surface area contributed by atoms with E-state index in [-0.39, 0.29) is 23.8 Å². The molecule has 0 bridgehead atoms. The van der Waals surface area contributed by atoms with Crippen LogP contribution in [0.1, 0.15) is 22.6 Å². The number of hydrogen-bond acceptors (Lipinski definition) is 6. The smallest absolute Gasteiger partial charge is 0.328 e. The first-order valence-electron chi connectivity index (χ1n) is 10.2. The van der Waals surface area contributed by atoms with Crippen LogP contribution in [0.2, 0.25) is 0 Å². The first kappa shape index (κ1) is 23.5. The lowest BCUT2D eigenvalue weighted by Gasteiger charge is -2.22. The topological polar surface area (TPSA) is 108 Å². The van der Waals surface area contributed by atoms with Crippen molar-refractivity contribution in [3.8, 4) is 5.75 Å². The maximum Gasteiger partial charge on any atom is 0.328 e. The zero-order chi connectivity index (χ0) is 23.8. The predicted octanol–water partition coefficient (Wildman–Crippen LogP) is 3.64. The van der Waals surface area contributed by atoms with Crippen molar-refractivity contribution in [1.82, 2.24) is 5.32 Å². The maximum atomic E-state index is 13.4. The molecule has 8 nitrogen and oxygen atoms in total. The van der Waals surface area contributed by atoms with E-state index >= 15 is 0 Å². The molecule has 3 aromatic carbocycles.